The van der Waals surface area contributed by atoms with E-state index in [-0.39, 0.29) is 0 Å². The van der Waals surface area contributed by atoms with E-state index in [1.165, 1.54) is 0 Å². The van der Waals surface area contributed by atoms with E-state index >= 15 is 0 Å². The molecule has 0 bridgehead atoms. The lowest BCUT2D eigenvalue weighted by atomic mass is 10.1. The molecule has 0 aliphatic rings. The molecule has 88 valence electrons. The molecular weight excluding hydrogens is 202 g/mol. The average Bonchev–Trinajstić information content (AvgIpc) is 2.21. The molecule has 5 N–H and O–H groups in total. The van der Waals surface area contributed by atoms with Gasteiger partial charge in [-0.25, -0.2) is 0 Å². The highest BCUT2D eigenvalue weighted by molar-refractivity contribution is 5.98. The van der Waals surface area contributed by atoms with E-state index < -0.39 is 5.91 Å². The average molecular weight is 221 g/mol. The van der Waals surface area contributed by atoms with Gasteiger partial charge in [-0.2, -0.15) is 0 Å². The van der Waals surface area contributed by atoms with Crippen molar-refractivity contribution >= 4 is 17.3 Å². The molecule has 1 atom stereocenters. The Balaban J connectivity index is 2.82. The largest absolute Gasteiger partial charge is 0.398 e. The Morgan fingerprint density at radius 3 is 2.75 bits per heavy atom. The number of hydrogen-bond acceptors (Lipinski definition) is 3. The van der Waals surface area contributed by atoms with Crippen molar-refractivity contribution in [3.05, 3.63) is 23.8 Å². The lowest BCUT2D eigenvalue weighted by molar-refractivity contribution is 0.100. The molecule has 0 radical (unpaired) electrons. The summed E-state index contributed by atoms with van der Waals surface area (Å²) in [4.78, 5) is 11.1. The zero-order valence-corrected chi connectivity index (χ0v) is 9.79. The Kier molecular flexibility index (Phi) is 4.17. The van der Waals surface area contributed by atoms with Gasteiger partial charge in [0.1, 0.15) is 0 Å². The second-order valence-electron chi connectivity index (χ2n) is 4.00. The van der Waals surface area contributed by atoms with Crippen LogP contribution in [0.3, 0.4) is 0 Å². The van der Waals surface area contributed by atoms with Crippen LogP contribution in [0.1, 0.15) is 37.0 Å². The second kappa shape index (κ2) is 5.39. The van der Waals surface area contributed by atoms with Crippen LogP contribution in [0.25, 0.3) is 0 Å². The number of benzene rings is 1. The van der Waals surface area contributed by atoms with Crippen LogP contribution in [0.15, 0.2) is 18.2 Å². The van der Waals surface area contributed by atoms with Crippen LogP contribution in [0, 0.1) is 0 Å². The second-order valence-corrected chi connectivity index (χ2v) is 4.00. The number of nitrogens with two attached hydrogens (primary N) is 2. The van der Waals surface area contributed by atoms with Gasteiger partial charge in [0.2, 0.25) is 0 Å². The van der Waals surface area contributed by atoms with Crippen molar-refractivity contribution in [3.63, 3.8) is 0 Å². The summed E-state index contributed by atoms with van der Waals surface area (Å²) in [6.07, 6.45) is 2.20. The van der Waals surface area contributed by atoms with Crippen LogP contribution in [-0.4, -0.2) is 11.9 Å². The van der Waals surface area contributed by atoms with Crippen LogP contribution in [0.5, 0.6) is 0 Å². The van der Waals surface area contributed by atoms with Crippen LogP contribution in [0.4, 0.5) is 11.4 Å². The van der Waals surface area contributed by atoms with Gasteiger partial charge in [-0.3, -0.25) is 4.79 Å². The van der Waals surface area contributed by atoms with Gasteiger partial charge in [0.15, 0.2) is 0 Å². The molecule has 4 heteroatoms. The summed E-state index contributed by atoms with van der Waals surface area (Å²) < 4.78 is 0. The first-order valence-electron chi connectivity index (χ1n) is 5.50. The molecule has 1 aromatic rings. The van der Waals surface area contributed by atoms with E-state index in [1.54, 1.807) is 12.1 Å². The van der Waals surface area contributed by atoms with Gasteiger partial charge >= 0.3 is 0 Å². The van der Waals surface area contributed by atoms with E-state index in [1.807, 2.05) is 6.07 Å². The topological polar surface area (TPSA) is 81.1 Å². The highest BCUT2D eigenvalue weighted by Gasteiger charge is 2.07. The fourth-order valence-electron chi connectivity index (χ4n) is 1.65. The van der Waals surface area contributed by atoms with Gasteiger partial charge in [0.05, 0.1) is 5.56 Å². The van der Waals surface area contributed by atoms with E-state index in [4.69, 9.17) is 11.5 Å². The number of primary amides is 1. The van der Waals surface area contributed by atoms with Crippen molar-refractivity contribution in [2.24, 2.45) is 5.73 Å². The maximum absolute atomic E-state index is 11.1. The third-order valence-corrected chi connectivity index (χ3v) is 2.45. The van der Waals surface area contributed by atoms with Gasteiger partial charge in [-0.05, 0) is 31.5 Å². The molecule has 0 aliphatic carbocycles. The van der Waals surface area contributed by atoms with Gasteiger partial charge in [0.25, 0.3) is 5.91 Å². The van der Waals surface area contributed by atoms with Gasteiger partial charge in [-0.15, -0.1) is 0 Å². The highest BCUT2D eigenvalue weighted by Crippen LogP contribution is 2.18. The summed E-state index contributed by atoms with van der Waals surface area (Å²) in [6.45, 7) is 4.24. The Labute approximate surface area is 96.0 Å². The predicted molar refractivity (Wildman–Crippen MR) is 67.4 cm³/mol. The van der Waals surface area contributed by atoms with Crippen molar-refractivity contribution in [1.29, 1.82) is 0 Å². The Hall–Kier alpha value is -1.71. The minimum Gasteiger partial charge on any atom is -0.398 e. The zero-order chi connectivity index (χ0) is 12.1. The van der Waals surface area contributed by atoms with Crippen LogP contribution in [0.2, 0.25) is 0 Å². The molecule has 0 fully saturated rings. The normalized spacial score (nSPS) is 12.1. The summed E-state index contributed by atoms with van der Waals surface area (Å²) in [6, 6.07) is 5.62. The first kappa shape index (κ1) is 12.4. The molecule has 16 heavy (non-hydrogen) atoms. The number of amides is 1. The number of hydrogen-bond donors (Lipinski definition) is 3. The third kappa shape index (κ3) is 3.15. The smallest absolute Gasteiger partial charge is 0.250 e. The predicted octanol–water partition coefficient (Wildman–Crippen LogP) is 1.97. The molecule has 1 amide bonds. The fourth-order valence-corrected chi connectivity index (χ4v) is 1.65. The molecule has 0 saturated carbocycles. The highest BCUT2D eigenvalue weighted by atomic mass is 16.1. The van der Waals surface area contributed by atoms with E-state index in [9.17, 15) is 4.79 Å². The molecule has 0 aliphatic heterocycles. The summed E-state index contributed by atoms with van der Waals surface area (Å²) in [5.74, 6) is -0.496. The van der Waals surface area contributed by atoms with Crippen molar-refractivity contribution < 1.29 is 4.79 Å². The summed E-state index contributed by atoms with van der Waals surface area (Å²) in [5.41, 5.74) is 12.5. The van der Waals surface area contributed by atoms with Crippen molar-refractivity contribution in [2.75, 3.05) is 11.1 Å². The van der Waals surface area contributed by atoms with Gasteiger partial charge in [-0.1, -0.05) is 13.3 Å². The minimum atomic E-state index is -0.496. The molecule has 1 aromatic carbocycles. The van der Waals surface area contributed by atoms with E-state index in [2.05, 4.69) is 19.2 Å². The maximum atomic E-state index is 11.1. The summed E-state index contributed by atoms with van der Waals surface area (Å²) in [7, 11) is 0. The molecule has 0 saturated heterocycles. The number of carbonyl (C=O) groups excluding carboxylic acids is 1. The van der Waals surface area contributed by atoms with Crippen molar-refractivity contribution in [3.8, 4) is 0 Å². The molecule has 4 nitrogen and oxygen atoms in total. The van der Waals surface area contributed by atoms with Gasteiger partial charge in [0, 0.05) is 17.4 Å². The number of nitrogen functional groups attached to an aromatic ring is 1. The van der Waals surface area contributed by atoms with E-state index in [0.717, 1.165) is 18.5 Å². The standard InChI is InChI=1S/C12H19N3O/c1-3-4-8(2)15-9-5-6-11(13)10(7-9)12(14)16/h5-8,15H,3-4,13H2,1-2H3,(H2,14,16). The van der Waals surface area contributed by atoms with Gasteiger partial charge < -0.3 is 16.8 Å². The fraction of sp³-hybridized carbons (Fsp3) is 0.417. The third-order valence-electron chi connectivity index (χ3n) is 2.45. The van der Waals surface area contributed by atoms with Crippen LogP contribution in [-0.2, 0) is 0 Å². The molecule has 1 rings (SSSR count). The minimum absolute atomic E-state index is 0.369. The number of rotatable bonds is 5. The van der Waals surface area contributed by atoms with E-state index in [0.29, 0.717) is 17.3 Å². The number of carbonyl (C=O) groups is 1. The molecular formula is C12H19N3O. The quantitative estimate of drug-likeness (QED) is 0.665. The van der Waals surface area contributed by atoms with Crippen LogP contribution >= 0.6 is 0 Å². The molecule has 0 spiro atoms. The Morgan fingerprint density at radius 2 is 2.19 bits per heavy atom. The lowest BCUT2D eigenvalue weighted by Gasteiger charge is -2.15. The molecule has 0 heterocycles. The SMILES string of the molecule is CCCC(C)Nc1ccc(N)c(C(N)=O)c1. The summed E-state index contributed by atoms with van der Waals surface area (Å²) in [5, 5.41) is 3.30. The zero-order valence-electron chi connectivity index (χ0n) is 9.79. The van der Waals surface area contributed by atoms with Crippen molar-refractivity contribution in [2.45, 2.75) is 32.7 Å². The maximum Gasteiger partial charge on any atom is 0.250 e. The number of nitrogens with one attached hydrogen (secondary N) is 1. The first-order chi connectivity index (χ1) is 7.54. The van der Waals surface area contributed by atoms with Crippen molar-refractivity contribution in [1.82, 2.24) is 0 Å². The van der Waals surface area contributed by atoms with Crippen LogP contribution < -0.4 is 16.8 Å². The molecule has 1 unspecified atom stereocenters. The Morgan fingerprint density at radius 1 is 1.50 bits per heavy atom. The number of anilines is 2. The molecule has 0 aromatic heterocycles. The lowest BCUT2D eigenvalue weighted by Crippen LogP contribution is -2.17. The summed E-state index contributed by atoms with van der Waals surface area (Å²) >= 11 is 0. The monoisotopic (exact) mass is 221 g/mol. The Bertz CT molecular complexity index is 377. The first-order valence-corrected chi connectivity index (χ1v) is 5.50.